The van der Waals surface area contributed by atoms with E-state index in [2.05, 4.69) is 55.5 Å². The number of rotatable bonds is 3. The molecule has 116 valence electrons. The highest BCUT2D eigenvalue weighted by Gasteiger charge is 2.49. The molecule has 0 aromatic heterocycles. The van der Waals surface area contributed by atoms with Crippen LogP contribution in [0.1, 0.15) is 25.0 Å². The standard InChI is InChI=1S/C19H21NO.ClH/c1-14-15(2)21-19(18(14)13-20,16-9-5-3-6-10-16)17-11-7-4-8-12-17;/h3-12,18H,13,20H2,1-2H3;1H. The Bertz CT molecular complexity index is 612. The van der Waals surface area contributed by atoms with E-state index in [-0.39, 0.29) is 18.3 Å². The highest BCUT2D eigenvalue weighted by Crippen LogP contribution is 2.50. The molecular formula is C19H22ClNO. The number of ether oxygens (including phenoxy) is 1. The first-order chi connectivity index (χ1) is 10.2. The van der Waals surface area contributed by atoms with E-state index in [1.807, 2.05) is 19.1 Å². The van der Waals surface area contributed by atoms with E-state index in [0.29, 0.717) is 6.54 Å². The second-order valence-corrected chi connectivity index (χ2v) is 5.60. The number of halogens is 1. The molecule has 2 N–H and O–H groups in total. The van der Waals surface area contributed by atoms with Crippen LogP contribution >= 0.6 is 12.4 Å². The first kappa shape index (κ1) is 16.6. The second kappa shape index (κ2) is 6.55. The van der Waals surface area contributed by atoms with Crippen molar-refractivity contribution in [3.8, 4) is 0 Å². The quantitative estimate of drug-likeness (QED) is 0.919. The van der Waals surface area contributed by atoms with Gasteiger partial charge in [-0.05, 0) is 19.4 Å². The molecule has 22 heavy (non-hydrogen) atoms. The fourth-order valence-electron chi connectivity index (χ4n) is 3.34. The fraction of sp³-hybridized carbons (Fsp3) is 0.263. The molecule has 0 saturated carbocycles. The molecule has 1 atom stereocenters. The molecule has 0 saturated heterocycles. The highest BCUT2D eigenvalue weighted by atomic mass is 35.5. The van der Waals surface area contributed by atoms with E-state index in [1.54, 1.807) is 0 Å². The zero-order valence-corrected chi connectivity index (χ0v) is 13.8. The van der Waals surface area contributed by atoms with Crippen LogP contribution in [0.2, 0.25) is 0 Å². The van der Waals surface area contributed by atoms with Crippen LogP contribution in [-0.2, 0) is 10.3 Å². The summed E-state index contributed by atoms with van der Waals surface area (Å²) < 4.78 is 6.44. The van der Waals surface area contributed by atoms with Crippen molar-refractivity contribution in [3.05, 3.63) is 83.1 Å². The van der Waals surface area contributed by atoms with Crippen LogP contribution in [0, 0.1) is 5.92 Å². The van der Waals surface area contributed by atoms with Gasteiger partial charge >= 0.3 is 0 Å². The summed E-state index contributed by atoms with van der Waals surface area (Å²) in [5.41, 5.74) is 9.17. The highest BCUT2D eigenvalue weighted by molar-refractivity contribution is 5.85. The van der Waals surface area contributed by atoms with E-state index in [0.717, 1.165) is 16.9 Å². The third-order valence-electron chi connectivity index (χ3n) is 4.52. The summed E-state index contributed by atoms with van der Waals surface area (Å²) in [6.07, 6.45) is 0. The molecule has 0 radical (unpaired) electrons. The number of allylic oxidation sites excluding steroid dienone is 1. The molecule has 2 nitrogen and oxygen atoms in total. The molecule has 0 amide bonds. The van der Waals surface area contributed by atoms with Gasteiger partial charge in [0.25, 0.3) is 0 Å². The summed E-state index contributed by atoms with van der Waals surface area (Å²) >= 11 is 0. The Labute approximate surface area is 138 Å². The minimum atomic E-state index is -0.508. The van der Waals surface area contributed by atoms with Crippen molar-refractivity contribution < 1.29 is 4.74 Å². The maximum atomic E-state index is 6.44. The van der Waals surface area contributed by atoms with Crippen LogP contribution in [-0.4, -0.2) is 6.54 Å². The van der Waals surface area contributed by atoms with Crippen LogP contribution in [0.25, 0.3) is 0 Å². The smallest absolute Gasteiger partial charge is 0.166 e. The van der Waals surface area contributed by atoms with Crippen molar-refractivity contribution in [2.45, 2.75) is 19.4 Å². The van der Waals surface area contributed by atoms with Crippen LogP contribution in [0.3, 0.4) is 0 Å². The predicted octanol–water partition coefficient (Wildman–Crippen LogP) is 4.25. The van der Waals surface area contributed by atoms with Gasteiger partial charge in [-0.25, -0.2) is 0 Å². The molecule has 1 heterocycles. The van der Waals surface area contributed by atoms with Gasteiger partial charge in [0.1, 0.15) is 0 Å². The first-order valence-electron chi connectivity index (χ1n) is 7.37. The maximum absolute atomic E-state index is 6.44. The minimum absolute atomic E-state index is 0. The van der Waals surface area contributed by atoms with Gasteiger partial charge in [0.2, 0.25) is 0 Å². The molecule has 2 aromatic carbocycles. The average molecular weight is 316 g/mol. The molecule has 1 aliphatic heterocycles. The molecular weight excluding hydrogens is 294 g/mol. The Hall–Kier alpha value is -1.77. The third-order valence-corrected chi connectivity index (χ3v) is 4.52. The Morgan fingerprint density at radius 3 is 1.77 bits per heavy atom. The first-order valence-corrected chi connectivity index (χ1v) is 7.37. The molecule has 0 bridgehead atoms. The van der Waals surface area contributed by atoms with Crippen LogP contribution < -0.4 is 5.73 Å². The SMILES string of the molecule is CC1=C(C)C(CN)C(c2ccccc2)(c2ccccc2)O1.Cl. The zero-order valence-electron chi connectivity index (χ0n) is 13.0. The van der Waals surface area contributed by atoms with Gasteiger partial charge in [-0.1, -0.05) is 60.7 Å². The molecule has 3 heteroatoms. The van der Waals surface area contributed by atoms with Gasteiger partial charge in [-0.2, -0.15) is 0 Å². The number of hydrogen-bond acceptors (Lipinski definition) is 2. The normalized spacial score (nSPS) is 19.5. The maximum Gasteiger partial charge on any atom is 0.166 e. The fourth-order valence-corrected chi connectivity index (χ4v) is 3.34. The molecule has 0 fully saturated rings. The van der Waals surface area contributed by atoms with E-state index in [9.17, 15) is 0 Å². The van der Waals surface area contributed by atoms with Crippen molar-refractivity contribution >= 4 is 12.4 Å². The third kappa shape index (κ3) is 2.43. The van der Waals surface area contributed by atoms with E-state index < -0.39 is 5.60 Å². The van der Waals surface area contributed by atoms with Crippen molar-refractivity contribution in [3.63, 3.8) is 0 Å². The van der Waals surface area contributed by atoms with Crippen LogP contribution in [0.15, 0.2) is 72.0 Å². The summed E-state index contributed by atoms with van der Waals surface area (Å²) in [5.74, 6) is 1.14. The molecule has 2 aromatic rings. The van der Waals surface area contributed by atoms with Gasteiger partial charge in [-0.15, -0.1) is 12.4 Å². The van der Waals surface area contributed by atoms with Crippen molar-refractivity contribution in [2.24, 2.45) is 11.7 Å². The molecule has 3 rings (SSSR count). The summed E-state index contributed by atoms with van der Waals surface area (Å²) in [7, 11) is 0. The average Bonchev–Trinajstić information content (AvgIpc) is 2.81. The van der Waals surface area contributed by atoms with Gasteiger partial charge < -0.3 is 10.5 Å². The van der Waals surface area contributed by atoms with Crippen molar-refractivity contribution in [1.29, 1.82) is 0 Å². The lowest BCUT2D eigenvalue weighted by Gasteiger charge is -2.36. The number of nitrogens with two attached hydrogens (primary N) is 1. The Morgan fingerprint density at radius 1 is 0.909 bits per heavy atom. The number of hydrogen-bond donors (Lipinski definition) is 1. The Balaban J connectivity index is 0.00000176. The minimum Gasteiger partial charge on any atom is -0.482 e. The van der Waals surface area contributed by atoms with Crippen LogP contribution in [0.4, 0.5) is 0 Å². The monoisotopic (exact) mass is 315 g/mol. The summed E-state index contributed by atoms with van der Waals surface area (Å²) in [6, 6.07) is 20.8. The lowest BCUT2D eigenvalue weighted by molar-refractivity contribution is 0.0296. The molecule has 1 aliphatic rings. The predicted molar refractivity (Wildman–Crippen MR) is 92.9 cm³/mol. The van der Waals surface area contributed by atoms with Crippen molar-refractivity contribution in [2.75, 3.05) is 6.54 Å². The molecule has 1 unspecified atom stereocenters. The molecule has 0 aliphatic carbocycles. The number of benzene rings is 2. The topological polar surface area (TPSA) is 35.2 Å². The lowest BCUT2D eigenvalue weighted by Crippen LogP contribution is -2.39. The van der Waals surface area contributed by atoms with Gasteiger partial charge in [-0.3, -0.25) is 0 Å². The van der Waals surface area contributed by atoms with Gasteiger partial charge in [0.05, 0.1) is 5.76 Å². The summed E-state index contributed by atoms with van der Waals surface area (Å²) in [5, 5.41) is 0. The van der Waals surface area contributed by atoms with E-state index >= 15 is 0 Å². The summed E-state index contributed by atoms with van der Waals surface area (Å²) in [4.78, 5) is 0. The van der Waals surface area contributed by atoms with Crippen LogP contribution in [0.5, 0.6) is 0 Å². The largest absolute Gasteiger partial charge is 0.482 e. The van der Waals surface area contributed by atoms with E-state index in [1.165, 1.54) is 5.57 Å². The second-order valence-electron chi connectivity index (χ2n) is 5.60. The van der Waals surface area contributed by atoms with Crippen molar-refractivity contribution in [1.82, 2.24) is 0 Å². The van der Waals surface area contributed by atoms with Gasteiger partial charge in [0.15, 0.2) is 5.60 Å². The lowest BCUT2D eigenvalue weighted by atomic mass is 9.74. The Morgan fingerprint density at radius 2 is 1.36 bits per heavy atom. The zero-order chi connectivity index (χ0) is 14.9. The molecule has 0 spiro atoms. The van der Waals surface area contributed by atoms with Gasteiger partial charge in [0, 0.05) is 23.6 Å². The summed E-state index contributed by atoms with van der Waals surface area (Å²) in [6.45, 7) is 4.72. The van der Waals surface area contributed by atoms with E-state index in [4.69, 9.17) is 10.5 Å². The Kier molecular flexibility index (Phi) is 4.94.